The number of fused-ring (bicyclic) bond motifs is 1. The van der Waals surface area contributed by atoms with Crippen LogP contribution >= 0.6 is 0 Å². The molecule has 24 heavy (non-hydrogen) atoms. The van der Waals surface area contributed by atoms with Crippen LogP contribution in [0.1, 0.15) is 47.5 Å². The quantitative estimate of drug-likeness (QED) is 0.766. The van der Waals surface area contributed by atoms with Crippen LogP contribution in [-0.4, -0.2) is 26.0 Å². The number of aromatic amines is 1. The molecule has 0 unspecified atom stereocenters. The molecule has 0 saturated heterocycles. The predicted molar refractivity (Wildman–Crippen MR) is 91.0 cm³/mol. The van der Waals surface area contributed by atoms with Crippen molar-refractivity contribution in [1.82, 2.24) is 20.1 Å². The maximum atomic E-state index is 12.5. The molecule has 1 amide bonds. The van der Waals surface area contributed by atoms with Crippen molar-refractivity contribution in [1.29, 1.82) is 0 Å². The molecule has 3 heterocycles. The van der Waals surface area contributed by atoms with Crippen molar-refractivity contribution < 1.29 is 9.32 Å². The molecule has 0 aliphatic rings. The molecule has 0 spiro atoms. The Morgan fingerprint density at radius 1 is 1.29 bits per heavy atom. The van der Waals surface area contributed by atoms with Crippen LogP contribution in [-0.2, 0) is 4.79 Å². The van der Waals surface area contributed by atoms with E-state index in [1.54, 1.807) is 0 Å². The third-order valence-electron chi connectivity index (χ3n) is 4.42. The molecule has 0 aliphatic heterocycles. The Labute approximate surface area is 139 Å². The summed E-state index contributed by atoms with van der Waals surface area (Å²) in [7, 11) is 0. The second kappa shape index (κ2) is 6.07. The minimum atomic E-state index is -0.0965. The van der Waals surface area contributed by atoms with Gasteiger partial charge in [0.25, 0.3) is 0 Å². The summed E-state index contributed by atoms with van der Waals surface area (Å²) < 4.78 is 5.19. The summed E-state index contributed by atoms with van der Waals surface area (Å²) in [5.41, 5.74) is 4.61. The smallest absolute Gasteiger partial charge is 0.226 e. The number of aryl methyl sites for hydroxylation is 4. The molecule has 0 radical (unpaired) electrons. The average molecular weight is 327 g/mol. The van der Waals surface area contributed by atoms with Gasteiger partial charge in [0, 0.05) is 17.7 Å². The van der Waals surface area contributed by atoms with Gasteiger partial charge in [-0.1, -0.05) is 12.1 Å². The van der Waals surface area contributed by atoms with E-state index in [0.717, 1.165) is 39.3 Å². The Kier molecular flexibility index (Phi) is 4.09. The Hall–Kier alpha value is -2.70. The van der Waals surface area contributed by atoms with Gasteiger partial charge in [0.15, 0.2) is 0 Å². The molecule has 0 bridgehead atoms. The number of anilines is 1. The van der Waals surface area contributed by atoms with E-state index in [9.17, 15) is 4.79 Å². The third-order valence-corrected chi connectivity index (χ3v) is 4.42. The van der Waals surface area contributed by atoms with Crippen LogP contribution in [0.4, 0.5) is 5.82 Å². The molecule has 0 aromatic carbocycles. The fourth-order valence-electron chi connectivity index (χ4n) is 3.15. The van der Waals surface area contributed by atoms with Gasteiger partial charge in [-0.3, -0.25) is 4.79 Å². The lowest BCUT2D eigenvalue weighted by Gasteiger charge is -2.11. The highest BCUT2D eigenvalue weighted by atomic mass is 16.5. The van der Waals surface area contributed by atoms with Crippen molar-refractivity contribution in [3.05, 3.63) is 34.6 Å². The summed E-state index contributed by atoms with van der Waals surface area (Å²) in [6.45, 7) is 9.71. The molecule has 7 nitrogen and oxygen atoms in total. The van der Waals surface area contributed by atoms with Crippen molar-refractivity contribution in [3.8, 4) is 0 Å². The maximum absolute atomic E-state index is 12.5. The molecule has 3 rings (SSSR count). The molecule has 0 saturated carbocycles. The second-order valence-corrected chi connectivity index (χ2v) is 6.21. The molecule has 2 N–H and O–H groups in total. The van der Waals surface area contributed by atoms with E-state index < -0.39 is 0 Å². The number of carbonyl (C=O) groups is 1. The predicted octanol–water partition coefficient (Wildman–Crippen LogP) is 3.31. The van der Waals surface area contributed by atoms with Gasteiger partial charge >= 0.3 is 0 Å². The number of aromatic nitrogens is 4. The van der Waals surface area contributed by atoms with Crippen LogP contribution in [0.5, 0.6) is 0 Å². The molecular weight excluding hydrogens is 306 g/mol. The van der Waals surface area contributed by atoms with Crippen LogP contribution in [0.2, 0.25) is 0 Å². The van der Waals surface area contributed by atoms with Gasteiger partial charge in [-0.05, 0) is 39.2 Å². The van der Waals surface area contributed by atoms with Crippen molar-refractivity contribution in [2.24, 2.45) is 0 Å². The lowest BCUT2D eigenvalue weighted by molar-refractivity contribution is -0.116. The highest BCUT2D eigenvalue weighted by Gasteiger charge is 2.20. The largest absolute Gasteiger partial charge is 0.361 e. The first-order valence-corrected chi connectivity index (χ1v) is 7.91. The molecule has 126 valence electrons. The molecule has 0 aliphatic carbocycles. The minimum absolute atomic E-state index is 0.0163. The normalized spacial score (nSPS) is 12.5. The number of hydrogen-bond donors (Lipinski definition) is 2. The van der Waals surface area contributed by atoms with E-state index in [4.69, 9.17) is 4.52 Å². The summed E-state index contributed by atoms with van der Waals surface area (Å²) in [4.78, 5) is 24.1. The minimum Gasteiger partial charge on any atom is -0.361 e. The zero-order valence-corrected chi connectivity index (χ0v) is 14.5. The Morgan fingerprint density at radius 3 is 2.71 bits per heavy atom. The summed E-state index contributed by atoms with van der Waals surface area (Å²) in [5.74, 6) is 1.22. The molecule has 3 aromatic rings. The van der Waals surface area contributed by atoms with E-state index in [1.807, 2.05) is 34.6 Å². The lowest BCUT2D eigenvalue weighted by Crippen LogP contribution is -2.16. The topological polar surface area (TPSA) is 96.7 Å². The van der Waals surface area contributed by atoms with Crippen molar-refractivity contribution >= 4 is 22.8 Å². The van der Waals surface area contributed by atoms with Crippen LogP contribution in [0, 0.1) is 27.7 Å². The number of amides is 1. The molecular formula is C17H21N5O2. The van der Waals surface area contributed by atoms with E-state index in [-0.39, 0.29) is 11.8 Å². The zero-order valence-electron chi connectivity index (χ0n) is 14.5. The number of H-pyrrole nitrogens is 1. The van der Waals surface area contributed by atoms with Gasteiger partial charge in [0.1, 0.15) is 23.6 Å². The van der Waals surface area contributed by atoms with E-state index in [2.05, 4.69) is 25.4 Å². The van der Waals surface area contributed by atoms with Crippen LogP contribution in [0.3, 0.4) is 0 Å². The lowest BCUT2D eigenvalue weighted by atomic mass is 9.96. The van der Waals surface area contributed by atoms with Gasteiger partial charge in [-0.25, -0.2) is 9.97 Å². The van der Waals surface area contributed by atoms with E-state index in [0.29, 0.717) is 12.2 Å². The van der Waals surface area contributed by atoms with E-state index >= 15 is 0 Å². The fourth-order valence-corrected chi connectivity index (χ4v) is 3.15. The standard InChI is InChI=1S/C17H21N5O2/c1-8(14-11(4)22-24-12(14)5)6-13(23)21-17-15-9(2)10(3)20-16(15)18-7-19-17/h7-8H,6H2,1-5H3,(H2,18,19,20,21,23)/t8-/m0/s1. The summed E-state index contributed by atoms with van der Waals surface area (Å²) >= 11 is 0. The first-order chi connectivity index (χ1) is 11.4. The SMILES string of the molecule is Cc1noc(C)c1[C@@H](C)CC(=O)Nc1ncnc2[nH]c(C)c(C)c12. The Balaban J connectivity index is 1.81. The van der Waals surface area contributed by atoms with E-state index in [1.165, 1.54) is 6.33 Å². The van der Waals surface area contributed by atoms with Gasteiger partial charge in [0.2, 0.25) is 5.91 Å². The van der Waals surface area contributed by atoms with Gasteiger partial charge in [-0.2, -0.15) is 0 Å². The van der Waals surface area contributed by atoms with Crippen LogP contribution in [0.25, 0.3) is 11.0 Å². The summed E-state index contributed by atoms with van der Waals surface area (Å²) in [6, 6.07) is 0. The third kappa shape index (κ3) is 2.77. The molecule has 7 heteroatoms. The highest BCUT2D eigenvalue weighted by molar-refractivity contribution is 6.00. The monoisotopic (exact) mass is 327 g/mol. The molecule has 0 fully saturated rings. The zero-order chi connectivity index (χ0) is 17.4. The van der Waals surface area contributed by atoms with Gasteiger partial charge < -0.3 is 14.8 Å². The Bertz CT molecular complexity index is 890. The first kappa shape index (κ1) is 16.2. The number of hydrogen-bond acceptors (Lipinski definition) is 5. The van der Waals surface area contributed by atoms with Crippen molar-refractivity contribution in [2.45, 2.75) is 47.0 Å². The molecule has 3 aromatic heterocycles. The number of nitrogens with zero attached hydrogens (tertiary/aromatic N) is 3. The highest BCUT2D eigenvalue weighted by Crippen LogP contribution is 2.28. The number of rotatable bonds is 4. The van der Waals surface area contributed by atoms with Gasteiger partial charge in [-0.15, -0.1) is 0 Å². The van der Waals surface area contributed by atoms with Crippen LogP contribution in [0.15, 0.2) is 10.9 Å². The summed E-state index contributed by atoms with van der Waals surface area (Å²) in [5, 5.41) is 7.72. The maximum Gasteiger partial charge on any atom is 0.226 e. The second-order valence-electron chi connectivity index (χ2n) is 6.21. The Morgan fingerprint density at radius 2 is 2.04 bits per heavy atom. The van der Waals surface area contributed by atoms with Crippen molar-refractivity contribution in [2.75, 3.05) is 5.32 Å². The van der Waals surface area contributed by atoms with Crippen molar-refractivity contribution in [3.63, 3.8) is 0 Å². The number of nitrogens with one attached hydrogen (secondary N) is 2. The first-order valence-electron chi connectivity index (χ1n) is 7.91. The van der Waals surface area contributed by atoms with Crippen LogP contribution < -0.4 is 5.32 Å². The fraction of sp³-hybridized carbons (Fsp3) is 0.412. The average Bonchev–Trinajstić information content (AvgIpc) is 2.99. The number of carbonyl (C=O) groups excluding carboxylic acids is 1. The van der Waals surface area contributed by atoms with Gasteiger partial charge in [0.05, 0.1) is 11.1 Å². The summed E-state index contributed by atoms with van der Waals surface area (Å²) in [6.07, 6.45) is 1.78. The molecule has 1 atom stereocenters.